The summed E-state index contributed by atoms with van der Waals surface area (Å²) in [5, 5.41) is 0. The summed E-state index contributed by atoms with van der Waals surface area (Å²) in [5.41, 5.74) is 0. The smallest absolute Gasteiger partial charge is 0.0948 e. The molecule has 1 aromatic rings. The lowest BCUT2D eigenvalue weighted by Crippen LogP contribution is -2.07. The molecule has 0 amide bonds. The summed E-state index contributed by atoms with van der Waals surface area (Å²) < 4.78 is 2.39. The molecule has 0 spiro atoms. The Labute approximate surface area is 221 Å². The zero-order valence-electron chi connectivity index (χ0n) is 24.3. The highest BCUT2D eigenvalue weighted by Gasteiger charge is 2.10. The van der Waals surface area contributed by atoms with Gasteiger partial charge in [0.2, 0.25) is 0 Å². The number of nitrogens with zero attached hydrogens (tertiary/aromatic N) is 2. The van der Waals surface area contributed by atoms with Crippen LogP contribution in [0, 0.1) is 0 Å². The Morgan fingerprint density at radius 2 is 0.771 bits per heavy atom. The standard InChI is InChI=1S/C33H64N2/c1-3-5-7-9-11-13-15-16-17-18-19-21-23-25-27-29-33(35-31-30-34-32-35)28-26-24-22-20-14-12-10-8-6-4-2/h30-33H,3-29H2,1-2H3. The van der Waals surface area contributed by atoms with Gasteiger partial charge in [-0.2, -0.15) is 0 Å². The maximum absolute atomic E-state index is 4.33. The molecule has 0 aliphatic carbocycles. The lowest BCUT2D eigenvalue weighted by molar-refractivity contribution is 0.393. The third-order valence-corrected chi connectivity index (χ3v) is 7.98. The molecule has 1 unspecified atom stereocenters. The lowest BCUT2D eigenvalue weighted by Gasteiger charge is -2.18. The van der Waals surface area contributed by atoms with E-state index in [0.717, 1.165) is 0 Å². The quantitative estimate of drug-likeness (QED) is 0.107. The third kappa shape index (κ3) is 21.0. The van der Waals surface area contributed by atoms with Crippen LogP contribution >= 0.6 is 0 Å². The molecular weight excluding hydrogens is 424 g/mol. The molecule has 1 rings (SSSR count). The molecule has 1 heterocycles. The van der Waals surface area contributed by atoms with E-state index in [1.165, 1.54) is 173 Å². The van der Waals surface area contributed by atoms with Crippen molar-refractivity contribution in [3.8, 4) is 0 Å². The number of aromatic nitrogens is 2. The van der Waals surface area contributed by atoms with Gasteiger partial charge in [-0.1, -0.05) is 174 Å². The Kier molecular flexibility index (Phi) is 24.2. The van der Waals surface area contributed by atoms with Gasteiger partial charge in [0, 0.05) is 18.4 Å². The Bertz CT molecular complexity index is 495. The Morgan fingerprint density at radius 1 is 0.457 bits per heavy atom. The summed E-state index contributed by atoms with van der Waals surface area (Å²) in [4.78, 5) is 4.33. The summed E-state index contributed by atoms with van der Waals surface area (Å²) in [7, 11) is 0. The van der Waals surface area contributed by atoms with Crippen molar-refractivity contribution in [3.63, 3.8) is 0 Å². The fraction of sp³-hybridized carbons (Fsp3) is 0.909. The first kappa shape index (κ1) is 32.2. The topological polar surface area (TPSA) is 17.8 Å². The predicted molar refractivity (Wildman–Crippen MR) is 157 cm³/mol. The number of unbranched alkanes of at least 4 members (excludes halogenated alkanes) is 23. The molecule has 0 aromatic carbocycles. The van der Waals surface area contributed by atoms with Crippen LogP contribution in [0.25, 0.3) is 0 Å². The number of imidazole rings is 1. The van der Waals surface area contributed by atoms with Crippen LogP contribution in [0.4, 0.5) is 0 Å². The molecule has 1 aromatic heterocycles. The van der Waals surface area contributed by atoms with Crippen molar-refractivity contribution >= 4 is 0 Å². The Balaban J connectivity index is 1.94. The molecule has 0 fully saturated rings. The van der Waals surface area contributed by atoms with Crippen molar-refractivity contribution in [1.29, 1.82) is 0 Å². The van der Waals surface area contributed by atoms with Gasteiger partial charge < -0.3 is 4.57 Å². The Hall–Kier alpha value is -0.790. The van der Waals surface area contributed by atoms with Gasteiger partial charge in [-0.15, -0.1) is 0 Å². The zero-order chi connectivity index (χ0) is 25.1. The molecule has 0 aliphatic heterocycles. The van der Waals surface area contributed by atoms with Crippen molar-refractivity contribution in [2.24, 2.45) is 0 Å². The summed E-state index contributed by atoms with van der Waals surface area (Å²) in [6.07, 6.45) is 44.8. The molecular formula is C33H64N2. The highest BCUT2D eigenvalue weighted by molar-refractivity contribution is 4.80. The second-order valence-electron chi connectivity index (χ2n) is 11.4. The SMILES string of the molecule is CCCCCCCCCCCCCCCCCC(CCCCCCCCCCCC)n1ccnc1. The molecule has 1 atom stereocenters. The van der Waals surface area contributed by atoms with Gasteiger partial charge in [0.05, 0.1) is 6.33 Å². The maximum Gasteiger partial charge on any atom is 0.0948 e. The van der Waals surface area contributed by atoms with Crippen LogP contribution in [-0.2, 0) is 0 Å². The van der Waals surface area contributed by atoms with Gasteiger partial charge >= 0.3 is 0 Å². The van der Waals surface area contributed by atoms with E-state index in [4.69, 9.17) is 0 Å². The van der Waals surface area contributed by atoms with E-state index in [0.29, 0.717) is 6.04 Å². The van der Waals surface area contributed by atoms with E-state index in [9.17, 15) is 0 Å². The fourth-order valence-electron chi connectivity index (χ4n) is 5.55. The minimum Gasteiger partial charge on any atom is -0.334 e. The molecule has 0 bridgehead atoms. The van der Waals surface area contributed by atoms with E-state index in [1.807, 2.05) is 12.5 Å². The largest absolute Gasteiger partial charge is 0.334 e. The first-order valence-corrected chi connectivity index (χ1v) is 16.4. The van der Waals surface area contributed by atoms with Crippen LogP contribution in [0.5, 0.6) is 0 Å². The Morgan fingerprint density at radius 3 is 1.06 bits per heavy atom. The van der Waals surface area contributed by atoms with E-state index in [1.54, 1.807) is 0 Å². The lowest BCUT2D eigenvalue weighted by atomic mass is 9.99. The van der Waals surface area contributed by atoms with E-state index < -0.39 is 0 Å². The molecule has 0 saturated heterocycles. The average molecular weight is 489 g/mol. The van der Waals surface area contributed by atoms with Crippen molar-refractivity contribution < 1.29 is 0 Å². The monoisotopic (exact) mass is 489 g/mol. The zero-order valence-corrected chi connectivity index (χ0v) is 24.3. The summed E-state index contributed by atoms with van der Waals surface area (Å²) in [5.74, 6) is 0. The molecule has 0 saturated carbocycles. The molecule has 206 valence electrons. The summed E-state index contributed by atoms with van der Waals surface area (Å²) >= 11 is 0. The van der Waals surface area contributed by atoms with Crippen molar-refractivity contribution in [1.82, 2.24) is 9.55 Å². The van der Waals surface area contributed by atoms with Crippen molar-refractivity contribution in [2.45, 2.75) is 193 Å². The minimum absolute atomic E-state index is 0.675. The van der Waals surface area contributed by atoms with Gasteiger partial charge in [0.25, 0.3) is 0 Å². The molecule has 2 heteroatoms. The molecule has 0 radical (unpaired) electrons. The minimum atomic E-state index is 0.675. The van der Waals surface area contributed by atoms with E-state index in [-0.39, 0.29) is 0 Å². The second kappa shape index (κ2) is 26.3. The van der Waals surface area contributed by atoms with Crippen LogP contribution in [0.1, 0.15) is 193 Å². The van der Waals surface area contributed by atoms with E-state index in [2.05, 4.69) is 29.6 Å². The fourth-order valence-corrected chi connectivity index (χ4v) is 5.55. The first-order chi connectivity index (χ1) is 17.4. The van der Waals surface area contributed by atoms with Crippen LogP contribution < -0.4 is 0 Å². The van der Waals surface area contributed by atoms with Crippen LogP contribution in [0.3, 0.4) is 0 Å². The summed E-state index contributed by atoms with van der Waals surface area (Å²) in [6.45, 7) is 4.61. The molecule has 2 nitrogen and oxygen atoms in total. The number of rotatable bonds is 28. The van der Waals surface area contributed by atoms with Gasteiger partial charge in [0.15, 0.2) is 0 Å². The van der Waals surface area contributed by atoms with Crippen LogP contribution in [0.2, 0.25) is 0 Å². The van der Waals surface area contributed by atoms with Gasteiger partial charge in [0.1, 0.15) is 0 Å². The third-order valence-electron chi connectivity index (χ3n) is 7.98. The number of hydrogen-bond donors (Lipinski definition) is 0. The van der Waals surface area contributed by atoms with Crippen LogP contribution in [0.15, 0.2) is 18.7 Å². The summed E-state index contributed by atoms with van der Waals surface area (Å²) in [6, 6.07) is 0.675. The number of hydrogen-bond acceptors (Lipinski definition) is 1. The first-order valence-electron chi connectivity index (χ1n) is 16.4. The van der Waals surface area contributed by atoms with Crippen molar-refractivity contribution in [3.05, 3.63) is 18.7 Å². The van der Waals surface area contributed by atoms with Crippen molar-refractivity contribution in [2.75, 3.05) is 0 Å². The molecule has 0 aliphatic rings. The van der Waals surface area contributed by atoms with Gasteiger partial charge in [-0.05, 0) is 12.8 Å². The highest BCUT2D eigenvalue weighted by Crippen LogP contribution is 2.24. The molecule has 35 heavy (non-hydrogen) atoms. The predicted octanol–water partition coefficient (Wildman–Crippen LogP) is 12.0. The second-order valence-corrected chi connectivity index (χ2v) is 11.4. The maximum atomic E-state index is 4.33. The average Bonchev–Trinajstić information content (AvgIpc) is 3.41. The van der Waals surface area contributed by atoms with Gasteiger partial charge in [-0.25, -0.2) is 4.98 Å². The molecule has 0 N–H and O–H groups in total. The van der Waals surface area contributed by atoms with E-state index >= 15 is 0 Å². The highest BCUT2D eigenvalue weighted by atomic mass is 15.0. The normalized spacial score (nSPS) is 12.4. The van der Waals surface area contributed by atoms with Gasteiger partial charge in [-0.3, -0.25) is 0 Å². The van der Waals surface area contributed by atoms with Crippen LogP contribution in [-0.4, -0.2) is 9.55 Å².